The van der Waals surface area contributed by atoms with Crippen molar-refractivity contribution in [2.45, 2.75) is 39.8 Å². The Balaban J connectivity index is 1.99. The third-order valence-corrected chi connectivity index (χ3v) is 3.67. The third-order valence-electron chi connectivity index (χ3n) is 2.63. The largest absolute Gasteiger partial charge is 0.310 e. The maximum absolute atomic E-state index is 4.44. The van der Waals surface area contributed by atoms with Gasteiger partial charge in [0, 0.05) is 31.0 Å². The fourth-order valence-electron chi connectivity index (χ4n) is 1.74. The molecule has 1 N–H and O–H groups in total. The maximum atomic E-state index is 4.44. The Hall–Kier alpha value is -1.20. The molecule has 0 saturated carbocycles. The number of hydrogen-bond acceptors (Lipinski definition) is 4. The molecule has 0 aromatic carbocycles. The van der Waals surface area contributed by atoms with Gasteiger partial charge in [-0.2, -0.15) is 5.10 Å². The smallest absolute Gasteiger partial charge is 0.107 e. The molecule has 2 aromatic rings. The van der Waals surface area contributed by atoms with Crippen molar-refractivity contribution in [3.05, 3.63) is 23.6 Å². The molecule has 0 atom stereocenters. The van der Waals surface area contributed by atoms with E-state index in [4.69, 9.17) is 0 Å². The normalized spacial score (nSPS) is 11.0. The number of rotatable bonds is 7. The zero-order valence-electron chi connectivity index (χ0n) is 11.0. The summed E-state index contributed by atoms with van der Waals surface area (Å²) in [5.74, 6) is 0. The zero-order valence-corrected chi connectivity index (χ0v) is 11.8. The van der Waals surface area contributed by atoms with Gasteiger partial charge < -0.3 is 5.32 Å². The molecule has 0 aliphatic heterocycles. The van der Waals surface area contributed by atoms with Crippen LogP contribution in [-0.2, 0) is 13.1 Å². The molecule has 0 spiro atoms. The molecule has 98 valence electrons. The topological polar surface area (TPSA) is 42.7 Å². The van der Waals surface area contributed by atoms with Crippen LogP contribution in [0.5, 0.6) is 0 Å². The van der Waals surface area contributed by atoms with E-state index in [1.54, 1.807) is 11.3 Å². The Kier molecular flexibility index (Phi) is 4.90. The number of thiazole rings is 1. The van der Waals surface area contributed by atoms with E-state index in [0.29, 0.717) is 0 Å². The minimum absolute atomic E-state index is 0.863. The summed E-state index contributed by atoms with van der Waals surface area (Å²) in [4.78, 5) is 5.64. The minimum atomic E-state index is 0.863. The Morgan fingerprint density at radius 2 is 2.17 bits per heavy atom. The van der Waals surface area contributed by atoms with Gasteiger partial charge in [0.25, 0.3) is 0 Å². The summed E-state index contributed by atoms with van der Waals surface area (Å²) in [6.45, 7) is 7.21. The monoisotopic (exact) mass is 264 g/mol. The lowest BCUT2D eigenvalue weighted by molar-refractivity contribution is 0.603. The highest BCUT2D eigenvalue weighted by Gasteiger charge is 2.06. The van der Waals surface area contributed by atoms with Crippen molar-refractivity contribution >= 4 is 11.3 Å². The molecule has 0 unspecified atom stereocenters. The molecular weight excluding hydrogens is 244 g/mol. The predicted octanol–water partition coefficient (Wildman–Crippen LogP) is 2.92. The van der Waals surface area contributed by atoms with Crippen molar-refractivity contribution in [1.82, 2.24) is 20.1 Å². The molecule has 0 bridgehead atoms. The fraction of sp³-hybridized carbons (Fsp3) is 0.538. The van der Waals surface area contributed by atoms with Crippen molar-refractivity contribution in [3.63, 3.8) is 0 Å². The van der Waals surface area contributed by atoms with E-state index in [2.05, 4.69) is 35.4 Å². The summed E-state index contributed by atoms with van der Waals surface area (Å²) in [5.41, 5.74) is 1.17. The predicted molar refractivity (Wildman–Crippen MR) is 75.6 cm³/mol. The van der Waals surface area contributed by atoms with Gasteiger partial charge in [0.1, 0.15) is 5.01 Å². The van der Waals surface area contributed by atoms with Crippen LogP contribution in [0, 0.1) is 0 Å². The molecule has 2 rings (SSSR count). The van der Waals surface area contributed by atoms with Crippen molar-refractivity contribution in [2.75, 3.05) is 6.54 Å². The highest BCUT2D eigenvalue weighted by atomic mass is 32.1. The van der Waals surface area contributed by atoms with Crippen LogP contribution in [-0.4, -0.2) is 21.3 Å². The Bertz CT molecular complexity index is 475. The quantitative estimate of drug-likeness (QED) is 0.782. The molecular formula is C13H20N4S. The first-order valence-electron chi connectivity index (χ1n) is 6.51. The summed E-state index contributed by atoms with van der Waals surface area (Å²) in [6, 6.07) is 0. The second kappa shape index (κ2) is 6.66. The van der Waals surface area contributed by atoms with Gasteiger partial charge in [-0.05, 0) is 19.4 Å². The molecule has 0 fully saturated rings. The number of aromatic nitrogens is 3. The molecule has 4 nitrogen and oxygen atoms in total. The molecule has 0 aliphatic rings. The molecule has 2 aromatic heterocycles. The second-order valence-electron chi connectivity index (χ2n) is 4.29. The Morgan fingerprint density at radius 1 is 1.28 bits per heavy atom. The molecule has 0 saturated heterocycles. The van der Waals surface area contributed by atoms with Crippen LogP contribution in [0.2, 0.25) is 0 Å². The lowest BCUT2D eigenvalue weighted by atomic mass is 10.3. The van der Waals surface area contributed by atoms with E-state index in [0.717, 1.165) is 37.5 Å². The lowest BCUT2D eigenvalue weighted by Gasteiger charge is -1.97. The van der Waals surface area contributed by atoms with Gasteiger partial charge >= 0.3 is 0 Å². The van der Waals surface area contributed by atoms with E-state index in [1.165, 1.54) is 10.4 Å². The number of nitrogens with zero attached hydrogens (tertiary/aromatic N) is 3. The molecule has 18 heavy (non-hydrogen) atoms. The van der Waals surface area contributed by atoms with Crippen LogP contribution < -0.4 is 5.32 Å². The summed E-state index contributed by atoms with van der Waals surface area (Å²) in [6.07, 6.45) is 8.23. The third kappa shape index (κ3) is 3.40. The van der Waals surface area contributed by atoms with Gasteiger partial charge in [-0.1, -0.05) is 13.8 Å². The van der Waals surface area contributed by atoms with E-state index < -0.39 is 0 Å². The molecule has 2 heterocycles. The van der Waals surface area contributed by atoms with Gasteiger partial charge in [-0.15, -0.1) is 11.3 Å². The molecule has 0 radical (unpaired) electrons. The first-order chi connectivity index (χ1) is 8.83. The fourth-order valence-corrected chi connectivity index (χ4v) is 2.60. The van der Waals surface area contributed by atoms with Crippen molar-refractivity contribution < 1.29 is 0 Å². The summed E-state index contributed by atoms with van der Waals surface area (Å²) < 4.78 is 1.99. The summed E-state index contributed by atoms with van der Waals surface area (Å²) in [7, 11) is 0. The van der Waals surface area contributed by atoms with Gasteiger partial charge in [0.05, 0.1) is 11.1 Å². The van der Waals surface area contributed by atoms with Crippen LogP contribution >= 0.6 is 11.3 Å². The van der Waals surface area contributed by atoms with Crippen molar-refractivity contribution in [1.29, 1.82) is 0 Å². The van der Waals surface area contributed by atoms with Crippen molar-refractivity contribution in [3.8, 4) is 10.4 Å². The van der Waals surface area contributed by atoms with Crippen LogP contribution in [0.15, 0.2) is 18.6 Å². The van der Waals surface area contributed by atoms with E-state index in [9.17, 15) is 0 Å². The van der Waals surface area contributed by atoms with E-state index >= 15 is 0 Å². The SMILES string of the molecule is CCCNCc1ncc(-c2cnn(CCC)c2)s1. The van der Waals surface area contributed by atoms with Crippen LogP contribution in [0.1, 0.15) is 31.7 Å². The first-order valence-corrected chi connectivity index (χ1v) is 7.33. The first kappa shape index (κ1) is 13.2. The highest BCUT2D eigenvalue weighted by Crippen LogP contribution is 2.25. The van der Waals surface area contributed by atoms with Crippen LogP contribution in [0.3, 0.4) is 0 Å². The Labute approximate surface area is 112 Å². The van der Waals surface area contributed by atoms with E-state index in [1.807, 2.05) is 17.1 Å². The molecule has 5 heteroatoms. The zero-order chi connectivity index (χ0) is 12.8. The van der Waals surface area contributed by atoms with Crippen LogP contribution in [0.4, 0.5) is 0 Å². The average molecular weight is 264 g/mol. The number of nitrogens with one attached hydrogen (secondary N) is 1. The van der Waals surface area contributed by atoms with E-state index in [-0.39, 0.29) is 0 Å². The lowest BCUT2D eigenvalue weighted by Crippen LogP contribution is -2.13. The van der Waals surface area contributed by atoms with Crippen molar-refractivity contribution in [2.24, 2.45) is 0 Å². The number of hydrogen-bond donors (Lipinski definition) is 1. The van der Waals surface area contributed by atoms with Gasteiger partial charge in [0.2, 0.25) is 0 Å². The van der Waals surface area contributed by atoms with Gasteiger partial charge in [-0.3, -0.25) is 4.68 Å². The van der Waals surface area contributed by atoms with Crippen LogP contribution in [0.25, 0.3) is 10.4 Å². The molecule has 0 amide bonds. The van der Waals surface area contributed by atoms with Gasteiger partial charge in [-0.25, -0.2) is 4.98 Å². The van der Waals surface area contributed by atoms with Gasteiger partial charge in [0.15, 0.2) is 0 Å². The average Bonchev–Trinajstić information content (AvgIpc) is 2.98. The Morgan fingerprint density at radius 3 is 2.94 bits per heavy atom. The highest BCUT2D eigenvalue weighted by molar-refractivity contribution is 7.15. The molecule has 0 aliphatic carbocycles. The summed E-state index contributed by atoms with van der Waals surface area (Å²) >= 11 is 1.74. The second-order valence-corrected chi connectivity index (χ2v) is 5.40. The minimum Gasteiger partial charge on any atom is -0.310 e. The summed E-state index contributed by atoms with van der Waals surface area (Å²) in [5, 5.41) is 8.86. The maximum Gasteiger partial charge on any atom is 0.107 e. The standard InChI is InChI=1S/C13H20N4S/c1-3-5-14-9-13-15-8-12(18-13)11-7-16-17(10-11)6-4-2/h7-8,10,14H,3-6,9H2,1-2H3. The number of aryl methyl sites for hydroxylation is 1.